The van der Waals surface area contributed by atoms with Crippen molar-refractivity contribution in [1.29, 1.82) is 0 Å². The number of aromatic nitrogens is 2. The molecule has 0 amide bonds. The zero-order valence-corrected chi connectivity index (χ0v) is 14.0. The number of hydrogen-bond donors (Lipinski definition) is 0. The van der Waals surface area contributed by atoms with Crippen molar-refractivity contribution in [2.45, 2.75) is 25.3 Å². The van der Waals surface area contributed by atoms with Crippen LogP contribution in [-0.4, -0.2) is 28.5 Å². The minimum atomic E-state index is 0.182. The van der Waals surface area contributed by atoms with E-state index in [1.54, 1.807) is 6.33 Å². The second kappa shape index (κ2) is 4.69. The fourth-order valence-corrected chi connectivity index (χ4v) is 4.07. The normalized spacial score (nSPS) is 19.8. The summed E-state index contributed by atoms with van der Waals surface area (Å²) in [5.41, 5.74) is 7.56. The molecule has 2 aliphatic heterocycles. The molecule has 2 aromatic rings. The highest BCUT2D eigenvalue weighted by Crippen LogP contribution is 2.56. The van der Waals surface area contributed by atoms with Crippen LogP contribution in [0.1, 0.15) is 24.1 Å². The maximum atomic E-state index is 4.35. The van der Waals surface area contributed by atoms with Gasteiger partial charge in [0.25, 0.3) is 0 Å². The number of allylic oxidation sites excluding steroid dienone is 1. The lowest BCUT2D eigenvalue weighted by Gasteiger charge is -2.28. The maximum absolute atomic E-state index is 4.35. The van der Waals surface area contributed by atoms with Gasteiger partial charge < -0.3 is 9.80 Å². The molecule has 0 unspecified atom stereocenters. The number of aryl methyl sites for hydroxylation is 1. The van der Waals surface area contributed by atoms with E-state index in [0.29, 0.717) is 0 Å². The third-order valence-electron chi connectivity index (χ3n) is 5.63. The molecule has 1 fully saturated rings. The van der Waals surface area contributed by atoms with E-state index in [1.807, 2.05) is 13.1 Å². The molecule has 5 rings (SSSR count). The van der Waals surface area contributed by atoms with Crippen molar-refractivity contribution in [2.75, 3.05) is 18.5 Å². The number of benzene rings is 1. The van der Waals surface area contributed by atoms with Gasteiger partial charge in [-0.15, -0.1) is 0 Å². The molecule has 0 saturated heterocycles. The van der Waals surface area contributed by atoms with E-state index in [2.05, 4.69) is 63.4 Å². The van der Waals surface area contributed by atoms with Crippen molar-refractivity contribution in [3.8, 4) is 11.1 Å². The first-order valence-corrected chi connectivity index (χ1v) is 8.49. The van der Waals surface area contributed by atoms with Crippen LogP contribution >= 0.6 is 0 Å². The molecule has 4 heteroatoms. The van der Waals surface area contributed by atoms with E-state index in [-0.39, 0.29) is 5.54 Å². The molecule has 3 heterocycles. The molecule has 24 heavy (non-hydrogen) atoms. The molecule has 3 aliphatic rings. The fraction of sp³-hybridized carbons (Fsp3) is 0.300. The van der Waals surface area contributed by atoms with E-state index in [1.165, 1.54) is 35.4 Å². The van der Waals surface area contributed by atoms with Gasteiger partial charge in [-0.1, -0.05) is 18.2 Å². The topological polar surface area (TPSA) is 32.3 Å². The second-order valence-electron chi connectivity index (χ2n) is 6.96. The van der Waals surface area contributed by atoms with Crippen LogP contribution in [-0.2, 0) is 5.54 Å². The highest BCUT2D eigenvalue weighted by atomic mass is 15.3. The highest BCUT2D eigenvalue weighted by molar-refractivity contribution is 5.76. The van der Waals surface area contributed by atoms with Crippen LogP contribution in [0.3, 0.4) is 0 Å². The van der Waals surface area contributed by atoms with Gasteiger partial charge in [0.1, 0.15) is 6.33 Å². The third-order valence-corrected chi connectivity index (χ3v) is 5.63. The Balaban J connectivity index is 1.72. The molecule has 0 radical (unpaired) electrons. The number of rotatable bonds is 1. The Morgan fingerprint density at radius 3 is 2.88 bits per heavy atom. The van der Waals surface area contributed by atoms with Crippen LogP contribution in [0.2, 0.25) is 0 Å². The third kappa shape index (κ3) is 1.80. The average Bonchev–Trinajstić information content (AvgIpc) is 3.29. The van der Waals surface area contributed by atoms with Gasteiger partial charge in [-0.2, -0.15) is 0 Å². The van der Waals surface area contributed by atoms with Gasteiger partial charge in [0.15, 0.2) is 0 Å². The highest BCUT2D eigenvalue weighted by Gasteiger charge is 2.50. The van der Waals surface area contributed by atoms with Gasteiger partial charge in [-0.05, 0) is 37.5 Å². The lowest BCUT2D eigenvalue weighted by Crippen LogP contribution is -2.26. The van der Waals surface area contributed by atoms with Gasteiger partial charge in [-0.3, -0.25) is 0 Å². The predicted octanol–water partition coefficient (Wildman–Crippen LogP) is 3.60. The molecule has 1 spiro atoms. The molecule has 0 atom stereocenters. The van der Waals surface area contributed by atoms with Crippen molar-refractivity contribution in [3.63, 3.8) is 0 Å². The Morgan fingerprint density at radius 1 is 1.21 bits per heavy atom. The molecule has 1 aromatic heterocycles. The summed E-state index contributed by atoms with van der Waals surface area (Å²) in [6.45, 7) is 2.98. The molecule has 120 valence electrons. The first-order valence-electron chi connectivity index (χ1n) is 8.49. The van der Waals surface area contributed by atoms with E-state index in [4.69, 9.17) is 0 Å². The molecule has 1 aliphatic carbocycles. The van der Waals surface area contributed by atoms with E-state index < -0.39 is 0 Å². The first-order chi connectivity index (χ1) is 11.7. The summed E-state index contributed by atoms with van der Waals surface area (Å²) in [7, 11) is 2.21. The maximum Gasteiger partial charge on any atom is 0.115 e. The number of fused-ring (bicyclic) bond motifs is 4. The summed E-state index contributed by atoms with van der Waals surface area (Å²) < 4.78 is 0. The summed E-state index contributed by atoms with van der Waals surface area (Å²) in [5.74, 6) is 0. The summed E-state index contributed by atoms with van der Waals surface area (Å²) in [6, 6.07) is 6.86. The predicted molar refractivity (Wildman–Crippen MR) is 95.4 cm³/mol. The molecule has 0 N–H and O–H groups in total. The van der Waals surface area contributed by atoms with Gasteiger partial charge in [0, 0.05) is 48.5 Å². The minimum absolute atomic E-state index is 0.182. The molecule has 1 aromatic carbocycles. The van der Waals surface area contributed by atoms with Crippen molar-refractivity contribution in [3.05, 3.63) is 66.0 Å². The van der Waals surface area contributed by atoms with Crippen molar-refractivity contribution < 1.29 is 0 Å². The quantitative estimate of drug-likeness (QED) is 0.804. The summed E-state index contributed by atoms with van der Waals surface area (Å²) in [4.78, 5) is 13.4. The van der Waals surface area contributed by atoms with Gasteiger partial charge >= 0.3 is 0 Å². The Kier molecular flexibility index (Phi) is 2.70. The minimum Gasteiger partial charge on any atom is -0.369 e. The zero-order chi connectivity index (χ0) is 16.3. The second-order valence-corrected chi connectivity index (χ2v) is 6.96. The van der Waals surface area contributed by atoms with Gasteiger partial charge in [-0.25, -0.2) is 9.97 Å². The monoisotopic (exact) mass is 316 g/mol. The lowest BCUT2D eigenvalue weighted by molar-refractivity contribution is 0.314. The Labute approximate surface area is 142 Å². The molecule has 0 bridgehead atoms. The summed E-state index contributed by atoms with van der Waals surface area (Å²) >= 11 is 0. The number of nitrogens with zero attached hydrogens (tertiary/aromatic N) is 4. The van der Waals surface area contributed by atoms with Crippen LogP contribution < -0.4 is 4.90 Å². The van der Waals surface area contributed by atoms with Crippen LogP contribution in [0.15, 0.2) is 54.8 Å². The van der Waals surface area contributed by atoms with Crippen molar-refractivity contribution in [1.82, 2.24) is 14.9 Å². The Morgan fingerprint density at radius 2 is 2.08 bits per heavy atom. The van der Waals surface area contributed by atoms with Crippen LogP contribution in [0.4, 0.5) is 5.69 Å². The molecular weight excluding hydrogens is 296 g/mol. The van der Waals surface area contributed by atoms with E-state index >= 15 is 0 Å². The smallest absolute Gasteiger partial charge is 0.115 e. The van der Waals surface area contributed by atoms with E-state index in [9.17, 15) is 0 Å². The average molecular weight is 316 g/mol. The lowest BCUT2D eigenvalue weighted by atomic mass is 9.96. The molecule has 4 nitrogen and oxygen atoms in total. The van der Waals surface area contributed by atoms with E-state index in [0.717, 1.165) is 17.8 Å². The van der Waals surface area contributed by atoms with Crippen molar-refractivity contribution in [2.24, 2.45) is 0 Å². The van der Waals surface area contributed by atoms with Crippen LogP contribution in [0.5, 0.6) is 0 Å². The van der Waals surface area contributed by atoms with Crippen LogP contribution in [0, 0.1) is 6.92 Å². The number of hydrogen-bond acceptors (Lipinski definition) is 4. The van der Waals surface area contributed by atoms with Crippen molar-refractivity contribution >= 4 is 5.69 Å². The van der Waals surface area contributed by atoms with Gasteiger partial charge in [0.05, 0.1) is 11.2 Å². The standard InChI is InChI=1S/C20H20N4/c1-14-17(11-21-13-22-14)15-5-6-18-19(10-15)24-9-3-4-16(24)12-23(2)20(18)7-8-20/h3-6,10-13H,7-9H2,1-2H3. The molecule has 1 saturated carbocycles. The molecular formula is C20H20N4. The first kappa shape index (κ1) is 13.8. The largest absolute Gasteiger partial charge is 0.369 e. The van der Waals surface area contributed by atoms with Gasteiger partial charge in [0.2, 0.25) is 0 Å². The summed E-state index contributed by atoms with van der Waals surface area (Å²) in [5, 5.41) is 0. The Hall–Kier alpha value is -2.62. The summed E-state index contributed by atoms with van der Waals surface area (Å²) in [6.07, 6.45) is 12.7. The zero-order valence-electron chi connectivity index (χ0n) is 14.0. The fourth-order valence-electron chi connectivity index (χ4n) is 4.07. The Bertz CT molecular complexity index is 892. The number of anilines is 1. The SMILES string of the molecule is Cc1ncncc1-c1ccc2c(c1)N1CC=CC1=CN(C)C21CC1. The van der Waals surface area contributed by atoms with Crippen LogP contribution in [0.25, 0.3) is 11.1 Å².